The standard InChI is InChI=1S/C15H21N3O/c1-3-7-11(8-4-2)14-13(15(16)18-19-14)12-9-5-6-10-17-12/h5-6,9-11H,3-4,7-8H2,1-2H3,(H2,16,18). The van der Waals surface area contributed by atoms with Gasteiger partial charge >= 0.3 is 0 Å². The first kappa shape index (κ1) is 13.6. The largest absolute Gasteiger partial charge is 0.380 e. The Hall–Kier alpha value is -1.84. The van der Waals surface area contributed by atoms with E-state index in [1.165, 1.54) is 0 Å². The molecule has 0 fully saturated rings. The Labute approximate surface area is 114 Å². The lowest BCUT2D eigenvalue weighted by atomic mass is 9.92. The average Bonchev–Trinajstić information content (AvgIpc) is 2.81. The van der Waals surface area contributed by atoms with Crippen LogP contribution in [0, 0.1) is 0 Å². The Bertz CT molecular complexity index is 501. The summed E-state index contributed by atoms with van der Waals surface area (Å²) in [5.74, 6) is 1.70. The molecule has 0 saturated carbocycles. The van der Waals surface area contributed by atoms with Gasteiger partial charge in [-0.15, -0.1) is 0 Å². The predicted octanol–water partition coefficient (Wildman–Crippen LogP) is 4.00. The number of nitrogen functional groups attached to an aromatic ring is 1. The summed E-state index contributed by atoms with van der Waals surface area (Å²) in [6, 6.07) is 5.79. The summed E-state index contributed by atoms with van der Waals surface area (Å²) in [6.45, 7) is 4.37. The third-order valence-corrected chi connectivity index (χ3v) is 3.31. The summed E-state index contributed by atoms with van der Waals surface area (Å²) in [5.41, 5.74) is 7.67. The molecule has 0 bridgehead atoms. The van der Waals surface area contributed by atoms with Crippen molar-refractivity contribution in [1.82, 2.24) is 10.1 Å². The average molecular weight is 259 g/mol. The molecule has 0 unspecified atom stereocenters. The van der Waals surface area contributed by atoms with Crippen molar-refractivity contribution in [2.45, 2.75) is 45.4 Å². The molecule has 0 radical (unpaired) electrons. The quantitative estimate of drug-likeness (QED) is 0.851. The molecule has 19 heavy (non-hydrogen) atoms. The molecule has 0 amide bonds. The second-order valence-corrected chi connectivity index (χ2v) is 4.80. The van der Waals surface area contributed by atoms with Crippen molar-refractivity contribution in [3.63, 3.8) is 0 Å². The molecule has 2 aromatic heterocycles. The van der Waals surface area contributed by atoms with Gasteiger partial charge < -0.3 is 10.3 Å². The van der Waals surface area contributed by atoms with Gasteiger partial charge in [0, 0.05) is 12.1 Å². The minimum Gasteiger partial charge on any atom is -0.380 e. The van der Waals surface area contributed by atoms with E-state index in [9.17, 15) is 0 Å². The summed E-state index contributed by atoms with van der Waals surface area (Å²) < 4.78 is 5.50. The van der Waals surface area contributed by atoms with E-state index in [1.807, 2.05) is 18.2 Å². The minimum absolute atomic E-state index is 0.372. The minimum atomic E-state index is 0.372. The molecule has 0 aliphatic carbocycles. The number of anilines is 1. The van der Waals surface area contributed by atoms with Crippen molar-refractivity contribution in [2.24, 2.45) is 0 Å². The number of aromatic nitrogens is 2. The highest BCUT2D eigenvalue weighted by Gasteiger charge is 2.23. The Morgan fingerprint density at radius 2 is 1.95 bits per heavy atom. The third kappa shape index (κ3) is 2.95. The van der Waals surface area contributed by atoms with Gasteiger partial charge in [0.1, 0.15) is 0 Å². The van der Waals surface area contributed by atoms with E-state index in [1.54, 1.807) is 6.20 Å². The first-order valence-electron chi connectivity index (χ1n) is 6.94. The SMILES string of the molecule is CCCC(CCC)c1onc(N)c1-c1ccccn1. The van der Waals surface area contributed by atoms with E-state index in [0.29, 0.717) is 11.7 Å². The molecule has 0 aliphatic rings. The van der Waals surface area contributed by atoms with E-state index < -0.39 is 0 Å². The van der Waals surface area contributed by atoms with Crippen LogP contribution < -0.4 is 5.73 Å². The van der Waals surface area contributed by atoms with Crippen LogP contribution in [0.25, 0.3) is 11.3 Å². The molecule has 0 spiro atoms. The zero-order valence-electron chi connectivity index (χ0n) is 11.6. The highest BCUT2D eigenvalue weighted by atomic mass is 16.5. The van der Waals surface area contributed by atoms with Crippen LogP contribution in [0.1, 0.15) is 51.2 Å². The van der Waals surface area contributed by atoms with Crippen LogP contribution in [0.2, 0.25) is 0 Å². The van der Waals surface area contributed by atoms with Crippen LogP contribution >= 0.6 is 0 Å². The number of nitrogens with two attached hydrogens (primary N) is 1. The second kappa shape index (κ2) is 6.36. The number of rotatable bonds is 6. The summed E-state index contributed by atoms with van der Waals surface area (Å²) >= 11 is 0. The van der Waals surface area contributed by atoms with Crippen molar-refractivity contribution in [3.05, 3.63) is 30.2 Å². The molecular weight excluding hydrogens is 238 g/mol. The fraction of sp³-hybridized carbons (Fsp3) is 0.467. The maximum Gasteiger partial charge on any atom is 0.176 e. The number of nitrogens with zero attached hydrogens (tertiary/aromatic N) is 2. The van der Waals surface area contributed by atoms with Crippen molar-refractivity contribution < 1.29 is 4.52 Å². The first-order valence-corrected chi connectivity index (χ1v) is 6.94. The maximum atomic E-state index is 5.96. The second-order valence-electron chi connectivity index (χ2n) is 4.80. The van der Waals surface area contributed by atoms with E-state index in [2.05, 4.69) is 24.0 Å². The van der Waals surface area contributed by atoms with Crippen LogP contribution in [0.5, 0.6) is 0 Å². The summed E-state index contributed by atoms with van der Waals surface area (Å²) in [5, 5.41) is 3.94. The number of hydrogen-bond donors (Lipinski definition) is 1. The van der Waals surface area contributed by atoms with Crippen LogP contribution in [-0.2, 0) is 0 Å². The topological polar surface area (TPSA) is 64.9 Å². The number of hydrogen-bond acceptors (Lipinski definition) is 4. The lowest BCUT2D eigenvalue weighted by Gasteiger charge is -2.13. The van der Waals surface area contributed by atoms with E-state index >= 15 is 0 Å². The van der Waals surface area contributed by atoms with Crippen LogP contribution in [0.4, 0.5) is 5.82 Å². The molecule has 2 N–H and O–H groups in total. The molecule has 102 valence electrons. The molecule has 2 aromatic rings. The van der Waals surface area contributed by atoms with Gasteiger partial charge in [-0.2, -0.15) is 0 Å². The lowest BCUT2D eigenvalue weighted by Crippen LogP contribution is -2.00. The Morgan fingerprint density at radius 1 is 1.21 bits per heavy atom. The van der Waals surface area contributed by atoms with Crippen LogP contribution in [0.3, 0.4) is 0 Å². The van der Waals surface area contributed by atoms with Gasteiger partial charge in [0.15, 0.2) is 11.6 Å². The molecule has 0 saturated heterocycles. The van der Waals surface area contributed by atoms with Crippen molar-refractivity contribution in [3.8, 4) is 11.3 Å². The Kier molecular flexibility index (Phi) is 4.55. The summed E-state index contributed by atoms with van der Waals surface area (Å²) in [4.78, 5) is 4.37. The lowest BCUT2D eigenvalue weighted by molar-refractivity contribution is 0.346. The van der Waals surface area contributed by atoms with Gasteiger partial charge in [0.25, 0.3) is 0 Å². The Balaban J connectivity index is 2.41. The molecular formula is C15H21N3O. The zero-order chi connectivity index (χ0) is 13.7. The van der Waals surface area contributed by atoms with Gasteiger partial charge in [0.2, 0.25) is 0 Å². The third-order valence-electron chi connectivity index (χ3n) is 3.31. The van der Waals surface area contributed by atoms with Gasteiger partial charge in [0.05, 0.1) is 11.3 Å². The number of pyridine rings is 1. The van der Waals surface area contributed by atoms with E-state index in [0.717, 1.165) is 42.7 Å². The maximum absolute atomic E-state index is 5.96. The molecule has 4 heteroatoms. The van der Waals surface area contributed by atoms with Gasteiger partial charge in [-0.25, -0.2) is 0 Å². The van der Waals surface area contributed by atoms with E-state index in [4.69, 9.17) is 10.3 Å². The van der Waals surface area contributed by atoms with Gasteiger partial charge in [-0.1, -0.05) is 37.9 Å². The fourth-order valence-electron chi connectivity index (χ4n) is 2.47. The van der Waals surface area contributed by atoms with Gasteiger partial charge in [-0.3, -0.25) is 4.98 Å². The fourth-order valence-corrected chi connectivity index (χ4v) is 2.47. The molecule has 0 aliphatic heterocycles. The van der Waals surface area contributed by atoms with Crippen molar-refractivity contribution >= 4 is 5.82 Å². The molecule has 4 nitrogen and oxygen atoms in total. The van der Waals surface area contributed by atoms with Crippen molar-refractivity contribution in [2.75, 3.05) is 5.73 Å². The molecule has 0 aromatic carbocycles. The van der Waals surface area contributed by atoms with E-state index in [-0.39, 0.29) is 0 Å². The highest BCUT2D eigenvalue weighted by molar-refractivity contribution is 5.73. The van der Waals surface area contributed by atoms with Crippen LogP contribution in [0.15, 0.2) is 28.9 Å². The molecule has 2 rings (SSSR count). The molecule has 2 heterocycles. The van der Waals surface area contributed by atoms with Gasteiger partial charge in [-0.05, 0) is 25.0 Å². The highest BCUT2D eigenvalue weighted by Crippen LogP contribution is 2.37. The Morgan fingerprint density at radius 3 is 2.53 bits per heavy atom. The summed E-state index contributed by atoms with van der Waals surface area (Å²) in [7, 11) is 0. The summed E-state index contributed by atoms with van der Waals surface area (Å²) in [6.07, 6.45) is 6.17. The van der Waals surface area contributed by atoms with Crippen molar-refractivity contribution in [1.29, 1.82) is 0 Å². The monoisotopic (exact) mass is 259 g/mol. The first-order chi connectivity index (χ1) is 9.27. The van der Waals surface area contributed by atoms with Crippen LogP contribution in [-0.4, -0.2) is 10.1 Å². The molecule has 0 atom stereocenters. The normalized spacial score (nSPS) is 11.1. The predicted molar refractivity (Wildman–Crippen MR) is 76.7 cm³/mol. The zero-order valence-corrected chi connectivity index (χ0v) is 11.6. The smallest absolute Gasteiger partial charge is 0.176 e.